The van der Waals surface area contributed by atoms with E-state index in [-0.39, 0.29) is 6.04 Å². The summed E-state index contributed by atoms with van der Waals surface area (Å²) >= 11 is -2.11. The molecule has 1 unspecified atom stereocenters. The van der Waals surface area contributed by atoms with E-state index in [4.69, 9.17) is 0 Å². The molecule has 1 saturated heterocycles. The van der Waals surface area contributed by atoms with E-state index in [2.05, 4.69) is 4.98 Å². The molecule has 1 aliphatic rings. The minimum absolute atomic E-state index is 0.0105. The van der Waals surface area contributed by atoms with Crippen molar-refractivity contribution in [3.8, 4) is 0 Å². The third kappa shape index (κ3) is 1.84. The van der Waals surface area contributed by atoms with E-state index in [0.717, 1.165) is 18.4 Å². The van der Waals surface area contributed by atoms with E-state index in [0.29, 0.717) is 6.54 Å². The van der Waals surface area contributed by atoms with Gasteiger partial charge in [0.05, 0.1) is 0 Å². The summed E-state index contributed by atoms with van der Waals surface area (Å²) in [4.78, 5) is 3.91. The fraction of sp³-hybridized carbons (Fsp3) is 0.444. The first kappa shape index (κ1) is 9.76. The van der Waals surface area contributed by atoms with Gasteiger partial charge >= 0.3 is 0 Å². The van der Waals surface area contributed by atoms with Gasteiger partial charge in [-0.25, -0.2) is 4.31 Å². The minimum Gasteiger partial charge on any atom is -0.760 e. The van der Waals surface area contributed by atoms with Crippen LogP contribution in [0.3, 0.4) is 0 Å². The molecule has 2 heterocycles. The highest BCUT2D eigenvalue weighted by Gasteiger charge is 2.26. The van der Waals surface area contributed by atoms with Crippen LogP contribution < -0.4 is 0 Å². The Morgan fingerprint density at radius 3 is 2.86 bits per heavy atom. The van der Waals surface area contributed by atoms with Crippen molar-refractivity contribution in [2.75, 3.05) is 6.54 Å². The monoisotopic (exact) mass is 211 g/mol. The molecule has 1 aliphatic heterocycles. The first-order valence-electron chi connectivity index (χ1n) is 4.55. The zero-order valence-corrected chi connectivity index (χ0v) is 8.44. The Morgan fingerprint density at radius 1 is 1.50 bits per heavy atom. The van der Waals surface area contributed by atoms with Gasteiger partial charge in [-0.3, -0.25) is 9.19 Å². The fourth-order valence-electron chi connectivity index (χ4n) is 1.84. The Kier molecular flexibility index (Phi) is 2.90. The van der Waals surface area contributed by atoms with Crippen LogP contribution in [-0.2, 0) is 11.3 Å². The van der Waals surface area contributed by atoms with Crippen molar-refractivity contribution in [3.63, 3.8) is 0 Å². The van der Waals surface area contributed by atoms with Gasteiger partial charge < -0.3 is 4.55 Å². The van der Waals surface area contributed by atoms with Crippen LogP contribution in [0.15, 0.2) is 24.5 Å². The maximum Gasteiger partial charge on any atom is 0.0466 e. The fourth-order valence-corrected chi connectivity index (χ4v) is 2.55. The van der Waals surface area contributed by atoms with Crippen LogP contribution in [0.2, 0.25) is 0 Å². The van der Waals surface area contributed by atoms with Crippen molar-refractivity contribution in [2.45, 2.75) is 18.9 Å². The van der Waals surface area contributed by atoms with Crippen LogP contribution in [0, 0.1) is 0 Å². The van der Waals surface area contributed by atoms with Gasteiger partial charge in [0, 0.05) is 36.2 Å². The zero-order valence-electron chi connectivity index (χ0n) is 7.63. The lowest BCUT2D eigenvalue weighted by atomic mass is 10.1. The Balaban J connectivity index is 2.22. The van der Waals surface area contributed by atoms with Crippen LogP contribution in [0.1, 0.15) is 24.4 Å². The van der Waals surface area contributed by atoms with Gasteiger partial charge in [0.1, 0.15) is 0 Å². The minimum atomic E-state index is -2.11. The standard InChI is InChI=1S/C9H12N2O2S/c12-14(13)11-7-1-2-9(11)8-3-5-10-6-4-8/h3-6,9H,1-2,7H2,(H,12,13)/p-1/t9-/m1/s1. The van der Waals surface area contributed by atoms with Gasteiger partial charge in [0.15, 0.2) is 0 Å². The number of aromatic nitrogens is 1. The van der Waals surface area contributed by atoms with E-state index in [1.165, 1.54) is 4.31 Å². The summed E-state index contributed by atoms with van der Waals surface area (Å²) in [6, 6.07) is 3.75. The largest absolute Gasteiger partial charge is 0.760 e. The van der Waals surface area contributed by atoms with Gasteiger partial charge in [-0.1, -0.05) is 0 Å². The Labute approximate surface area is 85.4 Å². The lowest BCUT2D eigenvalue weighted by Gasteiger charge is -2.25. The highest BCUT2D eigenvalue weighted by molar-refractivity contribution is 7.76. The van der Waals surface area contributed by atoms with Gasteiger partial charge in [0.25, 0.3) is 0 Å². The first-order valence-corrected chi connectivity index (χ1v) is 5.58. The smallest absolute Gasteiger partial charge is 0.0466 e. The second-order valence-electron chi connectivity index (χ2n) is 3.30. The Morgan fingerprint density at radius 2 is 2.21 bits per heavy atom. The molecule has 1 aromatic rings. The first-order chi connectivity index (χ1) is 6.79. The molecule has 0 radical (unpaired) electrons. The maximum absolute atomic E-state index is 10.9. The highest BCUT2D eigenvalue weighted by Crippen LogP contribution is 2.31. The van der Waals surface area contributed by atoms with Gasteiger partial charge in [-0.15, -0.1) is 0 Å². The predicted octanol–water partition coefficient (Wildman–Crippen LogP) is 1.01. The van der Waals surface area contributed by atoms with Gasteiger partial charge in [-0.05, 0) is 30.5 Å². The molecule has 1 fully saturated rings. The lowest BCUT2D eigenvalue weighted by molar-refractivity contribution is 0.375. The average molecular weight is 211 g/mol. The number of nitrogens with zero attached hydrogens (tertiary/aromatic N) is 2. The van der Waals surface area contributed by atoms with Crippen molar-refractivity contribution in [1.29, 1.82) is 0 Å². The highest BCUT2D eigenvalue weighted by atomic mass is 32.2. The summed E-state index contributed by atoms with van der Waals surface area (Å²) in [5.41, 5.74) is 1.03. The number of rotatable bonds is 2. The molecule has 0 N–H and O–H groups in total. The molecule has 0 aromatic carbocycles. The van der Waals surface area contributed by atoms with Crippen LogP contribution in [0.25, 0.3) is 0 Å². The van der Waals surface area contributed by atoms with Crippen LogP contribution in [0.4, 0.5) is 0 Å². The molecule has 5 heteroatoms. The summed E-state index contributed by atoms with van der Waals surface area (Å²) in [5.74, 6) is 0. The molecule has 0 spiro atoms. The predicted molar refractivity (Wildman–Crippen MR) is 51.8 cm³/mol. The second kappa shape index (κ2) is 4.16. The van der Waals surface area contributed by atoms with Crippen LogP contribution in [0.5, 0.6) is 0 Å². The van der Waals surface area contributed by atoms with E-state index in [9.17, 15) is 8.76 Å². The summed E-state index contributed by atoms with van der Waals surface area (Å²) in [5, 5.41) is 0. The summed E-state index contributed by atoms with van der Waals surface area (Å²) in [6.07, 6.45) is 5.22. The summed E-state index contributed by atoms with van der Waals surface area (Å²) in [6.45, 7) is 0.628. The third-order valence-corrected chi connectivity index (χ3v) is 3.31. The SMILES string of the molecule is O=S([O-])N1CCC[C@@H]1c1ccncc1. The summed E-state index contributed by atoms with van der Waals surface area (Å²) in [7, 11) is 0. The van der Waals surface area contributed by atoms with E-state index < -0.39 is 11.3 Å². The molecular weight excluding hydrogens is 200 g/mol. The molecule has 4 nitrogen and oxygen atoms in total. The van der Waals surface area contributed by atoms with Crippen LogP contribution >= 0.6 is 0 Å². The van der Waals surface area contributed by atoms with E-state index in [1.807, 2.05) is 12.1 Å². The molecule has 1 aromatic heterocycles. The van der Waals surface area contributed by atoms with Gasteiger partial charge in [0.2, 0.25) is 0 Å². The van der Waals surface area contributed by atoms with Crippen molar-refractivity contribution in [2.24, 2.45) is 0 Å². The quantitative estimate of drug-likeness (QED) is 0.686. The zero-order chi connectivity index (χ0) is 9.97. The molecule has 0 aliphatic carbocycles. The average Bonchev–Trinajstić information content (AvgIpc) is 2.67. The third-order valence-electron chi connectivity index (χ3n) is 2.49. The molecule has 76 valence electrons. The van der Waals surface area contributed by atoms with E-state index in [1.54, 1.807) is 12.4 Å². The van der Waals surface area contributed by atoms with E-state index >= 15 is 0 Å². The van der Waals surface area contributed by atoms with Crippen LogP contribution in [-0.4, -0.2) is 24.6 Å². The Bertz CT molecular complexity index is 331. The lowest BCUT2D eigenvalue weighted by Crippen LogP contribution is -2.25. The van der Waals surface area contributed by atoms with Crippen molar-refractivity contribution < 1.29 is 8.76 Å². The molecule has 2 atom stereocenters. The number of hydrogen-bond donors (Lipinski definition) is 0. The molecule has 0 saturated carbocycles. The van der Waals surface area contributed by atoms with Crippen molar-refractivity contribution >= 4 is 11.3 Å². The van der Waals surface area contributed by atoms with Gasteiger partial charge in [-0.2, -0.15) is 0 Å². The summed E-state index contributed by atoms with van der Waals surface area (Å²) < 4.78 is 23.3. The molecule has 0 bridgehead atoms. The molecular formula is C9H11N2O2S-. The number of pyridine rings is 1. The maximum atomic E-state index is 10.9. The Hall–Kier alpha value is -0.780. The number of hydrogen-bond acceptors (Lipinski definition) is 3. The topological polar surface area (TPSA) is 56.3 Å². The molecule has 14 heavy (non-hydrogen) atoms. The normalized spacial score (nSPS) is 25.1. The van der Waals surface area contributed by atoms with Crippen molar-refractivity contribution in [3.05, 3.63) is 30.1 Å². The second-order valence-corrected chi connectivity index (χ2v) is 4.20. The molecule has 2 rings (SSSR count). The molecule has 0 amide bonds. The van der Waals surface area contributed by atoms with Crippen molar-refractivity contribution in [1.82, 2.24) is 9.29 Å².